The second-order valence-corrected chi connectivity index (χ2v) is 5.48. The number of hydrogen-bond donors (Lipinski definition) is 1. The minimum atomic E-state index is -0.435. The lowest BCUT2D eigenvalue weighted by Crippen LogP contribution is -2.15. The Balaban J connectivity index is 1.71. The predicted octanol–water partition coefficient (Wildman–Crippen LogP) is 3.71. The maximum Gasteiger partial charge on any atom is 0.291 e. The van der Waals surface area contributed by atoms with Crippen molar-refractivity contribution in [2.75, 3.05) is 5.32 Å². The topological polar surface area (TPSA) is 73.0 Å². The van der Waals surface area contributed by atoms with Crippen molar-refractivity contribution in [2.45, 2.75) is 6.92 Å². The van der Waals surface area contributed by atoms with Crippen LogP contribution in [0.15, 0.2) is 59.4 Å². The van der Waals surface area contributed by atoms with E-state index >= 15 is 0 Å². The number of aryl methyl sites for hydroxylation is 1. The van der Waals surface area contributed by atoms with Gasteiger partial charge in [-0.2, -0.15) is 5.10 Å². The van der Waals surface area contributed by atoms with E-state index < -0.39 is 5.91 Å². The number of carbonyl (C=O) groups is 1. The van der Waals surface area contributed by atoms with Gasteiger partial charge in [-0.1, -0.05) is 0 Å². The number of anilines is 1. The van der Waals surface area contributed by atoms with E-state index in [1.807, 2.05) is 0 Å². The first-order valence-electron chi connectivity index (χ1n) is 7.58. The predicted molar refractivity (Wildman–Crippen MR) is 90.2 cm³/mol. The number of benzene rings is 1. The van der Waals surface area contributed by atoms with E-state index in [2.05, 4.69) is 15.4 Å². The van der Waals surface area contributed by atoms with Gasteiger partial charge < -0.3 is 9.73 Å². The highest BCUT2D eigenvalue weighted by Crippen LogP contribution is 2.27. The van der Waals surface area contributed by atoms with Crippen LogP contribution in [0, 0.1) is 12.7 Å². The second kappa shape index (κ2) is 5.86. The van der Waals surface area contributed by atoms with E-state index in [9.17, 15) is 9.18 Å². The van der Waals surface area contributed by atoms with E-state index in [0.29, 0.717) is 28.0 Å². The van der Waals surface area contributed by atoms with E-state index in [0.717, 1.165) is 0 Å². The molecule has 0 atom stereocenters. The molecule has 0 aliphatic rings. The smallest absolute Gasteiger partial charge is 0.291 e. The van der Waals surface area contributed by atoms with Gasteiger partial charge in [0, 0.05) is 29.5 Å². The normalized spacial score (nSPS) is 11.0. The van der Waals surface area contributed by atoms with Crippen LogP contribution in [0.2, 0.25) is 0 Å². The van der Waals surface area contributed by atoms with E-state index in [1.54, 1.807) is 48.4 Å². The summed E-state index contributed by atoms with van der Waals surface area (Å²) in [6.07, 6.45) is 4.97. The molecule has 0 aliphatic heterocycles. The van der Waals surface area contributed by atoms with Gasteiger partial charge in [0.05, 0.1) is 5.69 Å². The Kier molecular flexibility index (Phi) is 3.53. The lowest BCUT2D eigenvalue weighted by molar-refractivity contribution is 0.0998. The van der Waals surface area contributed by atoms with Crippen molar-refractivity contribution in [1.82, 2.24) is 14.8 Å². The molecule has 3 heterocycles. The van der Waals surface area contributed by atoms with Crippen LogP contribution < -0.4 is 5.32 Å². The SMILES string of the molecule is Cc1c(C(=O)Nc2cccnc2-n2cccn2)oc2ccc(F)cc12. The summed E-state index contributed by atoms with van der Waals surface area (Å²) in [5.74, 6) is -0.191. The molecule has 0 radical (unpaired) electrons. The number of nitrogens with one attached hydrogen (secondary N) is 1. The molecule has 1 aromatic carbocycles. The van der Waals surface area contributed by atoms with Gasteiger partial charge in [0.1, 0.15) is 11.4 Å². The van der Waals surface area contributed by atoms with Crippen molar-refractivity contribution in [3.8, 4) is 5.82 Å². The highest BCUT2D eigenvalue weighted by atomic mass is 19.1. The molecule has 0 spiro atoms. The van der Waals surface area contributed by atoms with Gasteiger partial charge in [-0.15, -0.1) is 0 Å². The average molecular weight is 336 g/mol. The molecule has 4 aromatic rings. The molecule has 1 amide bonds. The van der Waals surface area contributed by atoms with Gasteiger partial charge in [-0.25, -0.2) is 14.1 Å². The first-order valence-corrected chi connectivity index (χ1v) is 7.58. The minimum Gasteiger partial charge on any atom is -0.451 e. The van der Waals surface area contributed by atoms with Crippen LogP contribution in [0.25, 0.3) is 16.8 Å². The van der Waals surface area contributed by atoms with Crippen LogP contribution in [0.4, 0.5) is 10.1 Å². The number of nitrogens with zero attached hydrogens (tertiary/aromatic N) is 3. The Morgan fingerprint density at radius 2 is 2.12 bits per heavy atom. The van der Waals surface area contributed by atoms with E-state index in [1.165, 1.54) is 18.2 Å². The van der Waals surface area contributed by atoms with Crippen LogP contribution >= 0.6 is 0 Å². The van der Waals surface area contributed by atoms with Crippen LogP contribution in [0.1, 0.15) is 16.1 Å². The summed E-state index contributed by atoms with van der Waals surface area (Å²) in [6, 6.07) is 9.35. The van der Waals surface area contributed by atoms with Crippen LogP contribution in [-0.2, 0) is 0 Å². The fraction of sp³-hybridized carbons (Fsp3) is 0.0556. The van der Waals surface area contributed by atoms with Crippen molar-refractivity contribution in [2.24, 2.45) is 0 Å². The summed E-state index contributed by atoms with van der Waals surface area (Å²) >= 11 is 0. The maximum atomic E-state index is 13.4. The molecule has 25 heavy (non-hydrogen) atoms. The summed E-state index contributed by atoms with van der Waals surface area (Å²) in [5.41, 5.74) is 1.53. The summed E-state index contributed by atoms with van der Waals surface area (Å²) < 4.78 is 20.6. The summed E-state index contributed by atoms with van der Waals surface area (Å²) in [4.78, 5) is 16.9. The second-order valence-electron chi connectivity index (χ2n) is 5.48. The lowest BCUT2D eigenvalue weighted by atomic mass is 10.1. The van der Waals surface area contributed by atoms with Crippen LogP contribution in [-0.4, -0.2) is 20.7 Å². The monoisotopic (exact) mass is 336 g/mol. The fourth-order valence-corrected chi connectivity index (χ4v) is 2.66. The number of furan rings is 1. The zero-order chi connectivity index (χ0) is 17.4. The number of carbonyl (C=O) groups excluding carboxylic acids is 1. The molecule has 0 saturated carbocycles. The van der Waals surface area contributed by atoms with Crippen molar-refractivity contribution in [1.29, 1.82) is 0 Å². The van der Waals surface area contributed by atoms with Gasteiger partial charge in [-0.3, -0.25) is 4.79 Å². The minimum absolute atomic E-state index is 0.135. The number of amides is 1. The van der Waals surface area contributed by atoms with Gasteiger partial charge >= 0.3 is 0 Å². The molecule has 0 bridgehead atoms. The van der Waals surface area contributed by atoms with Gasteiger partial charge in [0.15, 0.2) is 11.6 Å². The highest BCUT2D eigenvalue weighted by molar-refractivity contribution is 6.07. The highest BCUT2D eigenvalue weighted by Gasteiger charge is 2.19. The number of rotatable bonds is 3. The molecule has 3 aromatic heterocycles. The molecule has 4 rings (SSSR count). The van der Waals surface area contributed by atoms with Gasteiger partial charge in [-0.05, 0) is 43.3 Å². The Morgan fingerprint density at radius 3 is 2.92 bits per heavy atom. The Morgan fingerprint density at radius 1 is 1.24 bits per heavy atom. The Hall–Kier alpha value is -3.48. The first-order chi connectivity index (χ1) is 12.1. The summed E-state index contributed by atoms with van der Waals surface area (Å²) in [5, 5.41) is 7.48. The zero-order valence-corrected chi connectivity index (χ0v) is 13.2. The van der Waals surface area contributed by atoms with Crippen LogP contribution in [0.3, 0.4) is 0 Å². The number of hydrogen-bond acceptors (Lipinski definition) is 4. The largest absolute Gasteiger partial charge is 0.451 e. The molecule has 6 nitrogen and oxygen atoms in total. The van der Waals surface area contributed by atoms with E-state index in [4.69, 9.17) is 4.42 Å². The van der Waals surface area contributed by atoms with Gasteiger partial charge in [0.2, 0.25) is 0 Å². The van der Waals surface area contributed by atoms with E-state index in [-0.39, 0.29) is 11.6 Å². The summed E-state index contributed by atoms with van der Waals surface area (Å²) in [7, 11) is 0. The number of fused-ring (bicyclic) bond motifs is 1. The Bertz CT molecular complexity index is 1070. The lowest BCUT2D eigenvalue weighted by Gasteiger charge is -2.09. The molecule has 7 heteroatoms. The van der Waals surface area contributed by atoms with Crippen molar-refractivity contribution >= 4 is 22.6 Å². The molecular formula is C18H13FN4O2. The Labute approximate surface area is 141 Å². The number of pyridine rings is 1. The molecular weight excluding hydrogens is 323 g/mol. The molecule has 0 fully saturated rings. The first kappa shape index (κ1) is 15.1. The third kappa shape index (κ3) is 2.65. The van der Waals surface area contributed by atoms with Crippen LogP contribution in [0.5, 0.6) is 0 Å². The number of halogens is 1. The molecule has 124 valence electrons. The third-order valence-electron chi connectivity index (χ3n) is 3.86. The standard InChI is InChI=1S/C18H13FN4O2/c1-11-13-10-12(19)5-6-15(13)25-16(11)18(24)22-14-4-2-7-20-17(14)23-9-3-8-21-23/h2-10H,1H3,(H,22,24). The molecule has 0 saturated heterocycles. The maximum absolute atomic E-state index is 13.4. The third-order valence-corrected chi connectivity index (χ3v) is 3.86. The zero-order valence-electron chi connectivity index (χ0n) is 13.2. The number of aromatic nitrogens is 3. The average Bonchev–Trinajstić information content (AvgIpc) is 3.24. The van der Waals surface area contributed by atoms with Gasteiger partial charge in [0.25, 0.3) is 5.91 Å². The fourth-order valence-electron chi connectivity index (χ4n) is 2.66. The molecule has 0 aliphatic carbocycles. The molecule has 0 unspecified atom stereocenters. The van der Waals surface area contributed by atoms with Crippen molar-refractivity contribution in [3.05, 3.63) is 72.1 Å². The van der Waals surface area contributed by atoms with Crippen molar-refractivity contribution < 1.29 is 13.6 Å². The molecule has 1 N–H and O–H groups in total. The quantitative estimate of drug-likeness (QED) is 0.619. The summed E-state index contributed by atoms with van der Waals surface area (Å²) in [6.45, 7) is 1.72. The van der Waals surface area contributed by atoms with Crippen molar-refractivity contribution in [3.63, 3.8) is 0 Å².